The molecular formula is C17H22N2O3S. The van der Waals surface area contributed by atoms with E-state index >= 15 is 0 Å². The Hall–Kier alpha value is -1.69. The third-order valence-electron chi connectivity index (χ3n) is 4.40. The van der Waals surface area contributed by atoms with E-state index in [2.05, 4.69) is 31.2 Å². The molecule has 6 heteroatoms. The summed E-state index contributed by atoms with van der Waals surface area (Å²) in [4.78, 5) is 27.3. The van der Waals surface area contributed by atoms with Crippen molar-refractivity contribution in [3.8, 4) is 0 Å². The van der Waals surface area contributed by atoms with Crippen molar-refractivity contribution in [3.63, 3.8) is 0 Å². The number of aryl methyl sites for hydroxylation is 1. The molecule has 0 saturated carbocycles. The molecule has 2 amide bonds. The number of ether oxygens (including phenoxy) is 1. The zero-order valence-electron chi connectivity index (χ0n) is 13.4. The molecule has 124 valence electrons. The summed E-state index contributed by atoms with van der Waals surface area (Å²) in [5.41, 5.74) is 2.68. The van der Waals surface area contributed by atoms with Gasteiger partial charge >= 0.3 is 6.09 Å². The number of nitrogens with zero attached hydrogens (tertiary/aromatic N) is 2. The van der Waals surface area contributed by atoms with E-state index in [9.17, 15) is 9.59 Å². The van der Waals surface area contributed by atoms with E-state index in [4.69, 9.17) is 4.74 Å². The number of thioether (sulfide) groups is 1. The van der Waals surface area contributed by atoms with Crippen LogP contribution in [-0.2, 0) is 9.53 Å². The second kappa shape index (κ2) is 7.25. The number of benzene rings is 1. The van der Waals surface area contributed by atoms with Crippen LogP contribution in [0.2, 0.25) is 0 Å². The first-order valence-electron chi connectivity index (χ1n) is 8.02. The molecule has 0 aromatic heterocycles. The summed E-state index contributed by atoms with van der Waals surface area (Å²) >= 11 is 1.92. The molecule has 1 atom stereocenters. The molecule has 1 aromatic carbocycles. The highest BCUT2D eigenvalue weighted by Gasteiger charge is 2.28. The molecule has 2 fully saturated rings. The van der Waals surface area contributed by atoms with Gasteiger partial charge in [0.25, 0.3) is 0 Å². The van der Waals surface area contributed by atoms with Crippen molar-refractivity contribution in [1.29, 1.82) is 0 Å². The lowest BCUT2D eigenvalue weighted by molar-refractivity contribution is -0.131. The molecule has 0 N–H and O–H groups in total. The van der Waals surface area contributed by atoms with E-state index in [0.29, 0.717) is 18.4 Å². The van der Waals surface area contributed by atoms with Crippen LogP contribution in [0.15, 0.2) is 24.3 Å². The Balaban J connectivity index is 1.59. The largest absolute Gasteiger partial charge is 0.448 e. The number of carbonyl (C=O) groups excluding carboxylic acids is 2. The number of hydrogen-bond acceptors (Lipinski definition) is 4. The van der Waals surface area contributed by atoms with Crippen molar-refractivity contribution in [3.05, 3.63) is 35.4 Å². The third kappa shape index (κ3) is 3.80. The maximum absolute atomic E-state index is 12.4. The molecule has 2 aliphatic heterocycles. The Morgan fingerprint density at radius 1 is 1.30 bits per heavy atom. The summed E-state index contributed by atoms with van der Waals surface area (Å²) in [6.07, 6.45) is 0.575. The second-order valence-electron chi connectivity index (χ2n) is 5.92. The Bertz CT molecular complexity index is 593. The van der Waals surface area contributed by atoms with Gasteiger partial charge in [-0.25, -0.2) is 4.79 Å². The van der Waals surface area contributed by atoms with Gasteiger partial charge in [0.05, 0.1) is 6.54 Å². The van der Waals surface area contributed by atoms with E-state index in [0.717, 1.165) is 25.3 Å². The molecule has 0 bridgehead atoms. The minimum Gasteiger partial charge on any atom is -0.448 e. The van der Waals surface area contributed by atoms with Crippen molar-refractivity contribution in [2.24, 2.45) is 0 Å². The normalized spacial score (nSPS) is 22.0. The average Bonchev–Trinajstić information content (AvgIpc) is 2.81. The molecule has 0 spiro atoms. The Morgan fingerprint density at radius 2 is 2.13 bits per heavy atom. The highest BCUT2D eigenvalue weighted by Crippen LogP contribution is 2.35. The lowest BCUT2D eigenvalue weighted by atomic mass is 10.0. The smallest absolute Gasteiger partial charge is 0.410 e. The average molecular weight is 334 g/mol. The first-order chi connectivity index (χ1) is 11.1. The second-order valence-corrected chi connectivity index (χ2v) is 7.23. The summed E-state index contributed by atoms with van der Waals surface area (Å²) < 4.78 is 4.88. The van der Waals surface area contributed by atoms with Crippen LogP contribution in [0.3, 0.4) is 0 Å². The molecule has 0 aliphatic carbocycles. The number of rotatable bonds is 3. The summed E-state index contributed by atoms with van der Waals surface area (Å²) in [6.45, 7) is 4.67. The minimum atomic E-state index is -0.375. The molecular weight excluding hydrogens is 312 g/mol. The molecule has 1 unspecified atom stereocenters. The standard InChI is InChI=1S/C17H22N2O3S/c1-13-4-2-3-5-14(13)15-6-7-18(9-11-23-15)16(20)12-19-8-10-22-17(19)21/h2-5,15H,6-12H2,1H3. The van der Waals surface area contributed by atoms with Crippen LogP contribution in [0.5, 0.6) is 0 Å². The van der Waals surface area contributed by atoms with Gasteiger partial charge in [-0.3, -0.25) is 9.69 Å². The van der Waals surface area contributed by atoms with Crippen LogP contribution in [0, 0.1) is 6.92 Å². The maximum Gasteiger partial charge on any atom is 0.410 e. The van der Waals surface area contributed by atoms with Gasteiger partial charge in [0.15, 0.2) is 0 Å². The summed E-state index contributed by atoms with van der Waals surface area (Å²) in [6, 6.07) is 8.47. The van der Waals surface area contributed by atoms with Gasteiger partial charge < -0.3 is 9.64 Å². The predicted octanol–water partition coefficient (Wildman–Crippen LogP) is 2.45. The van der Waals surface area contributed by atoms with Crippen molar-refractivity contribution >= 4 is 23.8 Å². The molecule has 3 rings (SSSR count). The van der Waals surface area contributed by atoms with Crippen LogP contribution in [0.4, 0.5) is 4.79 Å². The highest BCUT2D eigenvalue weighted by molar-refractivity contribution is 7.99. The maximum atomic E-state index is 12.4. The van der Waals surface area contributed by atoms with Gasteiger partial charge in [0.1, 0.15) is 13.2 Å². The Labute approximate surface area is 141 Å². The van der Waals surface area contributed by atoms with Crippen LogP contribution in [0.25, 0.3) is 0 Å². The summed E-state index contributed by atoms with van der Waals surface area (Å²) in [5.74, 6) is 0.949. The topological polar surface area (TPSA) is 49.9 Å². The summed E-state index contributed by atoms with van der Waals surface area (Å²) in [5, 5.41) is 0.436. The van der Waals surface area contributed by atoms with Gasteiger partial charge in [-0.15, -0.1) is 0 Å². The van der Waals surface area contributed by atoms with Crippen molar-refractivity contribution in [2.45, 2.75) is 18.6 Å². The number of hydrogen-bond donors (Lipinski definition) is 0. The number of carbonyl (C=O) groups is 2. The quantitative estimate of drug-likeness (QED) is 0.852. The van der Waals surface area contributed by atoms with E-state index in [1.54, 1.807) is 0 Å². The van der Waals surface area contributed by atoms with E-state index in [-0.39, 0.29) is 18.5 Å². The highest BCUT2D eigenvalue weighted by atomic mass is 32.2. The third-order valence-corrected chi connectivity index (χ3v) is 5.71. The molecule has 2 saturated heterocycles. The Morgan fingerprint density at radius 3 is 2.87 bits per heavy atom. The van der Waals surface area contributed by atoms with E-state index in [1.807, 2.05) is 16.7 Å². The Kier molecular flexibility index (Phi) is 5.10. The van der Waals surface area contributed by atoms with Gasteiger partial charge in [-0.2, -0.15) is 11.8 Å². The summed E-state index contributed by atoms with van der Waals surface area (Å²) in [7, 11) is 0. The molecule has 2 aliphatic rings. The first kappa shape index (κ1) is 16.2. The predicted molar refractivity (Wildman–Crippen MR) is 90.5 cm³/mol. The fourth-order valence-corrected chi connectivity index (χ4v) is 4.38. The molecule has 23 heavy (non-hydrogen) atoms. The first-order valence-corrected chi connectivity index (χ1v) is 9.06. The fourth-order valence-electron chi connectivity index (χ4n) is 3.05. The van der Waals surface area contributed by atoms with Crippen LogP contribution < -0.4 is 0 Å². The number of cyclic esters (lactones) is 1. The lowest BCUT2D eigenvalue weighted by Gasteiger charge is -2.23. The van der Waals surface area contributed by atoms with E-state index < -0.39 is 0 Å². The van der Waals surface area contributed by atoms with Crippen LogP contribution >= 0.6 is 11.8 Å². The van der Waals surface area contributed by atoms with Crippen molar-refractivity contribution in [1.82, 2.24) is 9.80 Å². The van der Waals surface area contributed by atoms with Gasteiger partial charge in [-0.05, 0) is 24.5 Å². The monoisotopic (exact) mass is 334 g/mol. The molecule has 0 radical (unpaired) electrons. The van der Waals surface area contributed by atoms with Gasteiger partial charge in [0.2, 0.25) is 5.91 Å². The number of amides is 2. The van der Waals surface area contributed by atoms with Gasteiger partial charge in [-0.1, -0.05) is 24.3 Å². The fraction of sp³-hybridized carbons (Fsp3) is 0.529. The SMILES string of the molecule is Cc1ccccc1C1CCN(C(=O)CN2CCOC2=O)CCS1. The lowest BCUT2D eigenvalue weighted by Crippen LogP contribution is -2.41. The van der Waals surface area contributed by atoms with E-state index in [1.165, 1.54) is 16.0 Å². The zero-order chi connectivity index (χ0) is 16.2. The van der Waals surface area contributed by atoms with Crippen molar-refractivity contribution in [2.75, 3.05) is 38.5 Å². The minimum absolute atomic E-state index is 0.0230. The van der Waals surface area contributed by atoms with Crippen LogP contribution in [0.1, 0.15) is 22.8 Å². The van der Waals surface area contributed by atoms with Crippen LogP contribution in [-0.4, -0.2) is 60.3 Å². The molecule has 5 nitrogen and oxygen atoms in total. The molecule has 1 aromatic rings. The van der Waals surface area contributed by atoms with Crippen molar-refractivity contribution < 1.29 is 14.3 Å². The zero-order valence-corrected chi connectivity index (χ0v) is 14.2. The molecule has 2 heterocycles. The van der Waals surface area contributed by atoms with Gasteiger partial charge in [0, 0.05) is 24.1 Å².